The maximum Gasteiger partial charge on any atom is -0.00546 e. The van der Waals surface area contributed by atoms with Gasteiger partial charge in [-0.25, -0.2) is 0 Å². The van der Waals surface area contributed by atoms with Gasteiger partial charge in [0.25, 0.3) is 0 Å². The zero-order valence-electron chi connectivity index (χ0n) is 7.12. The van der Waals surface area contributed by atoms with Crippen LogP contribution < -0.4 is 10.6 Å². The molecule has 58 valence electrons. The van der Waals surface area contributed by atoms with Crippen LogP contribution in [0.4, 0.5) is 0 Å². The van der Waals surface area contributed by atoms with Crippen molar-refractivity contribution in [2.24, 2.45) is 0 Å². The summed E-state index contributed by atoms with van der Waals surface area (Å²) >= 11 is 0. The van der Waals surface area contributed by atoms with Gasteiger partial charge >= 0.3 is 0 Å². The van der Waals surface area contributed by atoms with Crippen LogP contribution >= 0.6 is 0 Å². The number of nitrogens with one attached hydrogen (secondary N) is 2. The zero-order chi connectivity index (χ0) is 7.54. The molecule has 0 radical (unpaired) electrons. The summed E-state index contributed by atoms with van der Waals surface area (Å²) in [4.78, 5) is 0. The highest BCUT2D eigenvalue weighted by Gasteiger charge is 1.64. The first kappa shape index (κ1) is 11.7. The fourth-order valence-corrected chi connectivity index (χ4v) is 0.250. The number of hydrogen-bond donors (Lipinski definition) is 2. The molecule has 2 N–H and O–H groups in total. The van der Waals surface area contributed by atoms with Crippen LogP contribution in [0, 0.1) is 0 Å². The number of hydrogen-bond acceptors (Lipinski definition) is 2. The van der Waals surface area contributed by atoms with Crippen LogP contribution in [0.3, 0.4) is 0 Å². The lowest BCUT2D eigenvalue weighted by atomic mass is 10.5. The first-order chi connectivity index (χ1) is 4.33. The van der Waals surface area contributed by atoms with E-state index < -0.39 is 0 Å². The van der Waals surface area contributed by atoms with Gasteiger partial charge < -0.3 is 10.6 Å². The second-order valence-electron chi connectivity index (χ2n) is 1.81. The Morgan fingerprint density at radius 1 is 1.00 bits per heavy atom. The van der Waals surface area contributed by atoms with Crippen LogP contribution in [0.5, 0.6) is 0 Å². The molecule has 0 atom stereocenters. The van der Waals surface area contributed by atoms with Gasteiger partial charge in [-0.2, -0.15) is 0 Å². The molecule has 0 fully saturated rings. The Hall–Kier alpha value is -0.0800. The van der Waals surface area contributed by atoms with Crippen LogP contribution in [0.1, 0.15) is 20.3 Å². The molecule has 0 aromatic rings. The van der Waals surface area contributed by atoms with E-state index in [2.05, 4.69) is 24.5 Å². The maximum atomic E-state index is 3.02. The van der Waals surface area contributed by atoms with E-state index in [-0.39, 0.29) is 0 Å². The van der Waals surface area contributed by atoms with Gasteiger partial charge in [0, 0.05) is 0 Å². The molecule has 0 bridgehead atoms. The van der Waals surface area contributed by atoms with Crippen molar-refractivity contribution >= 4 is 0 Å². The Morgan fingerprint density at radius 2 is 1.44 bits per heavy atom. The van der Waals surface area contributed by atoms with Crippen molar-refractivity contribution in [1.82, 2.24) is 10.6 Å². The van der Waals surface area contributed by atoms with Crippen LogP contribution in [0.15, 0.2) is 0 Å². The monoisotopic (exact) mass is 132 g/mol. The lowest BCUT2D eigenvalue weighted by molar-refractivity contribution is 0.772. The SMILES string of the molecule is CCCNC.CCNC. The standard InChI is InChI=1S/C4H11N.C3H9N/c1-3-4-5-2;1-3-4-2/h5H,3-4H2,1-2H3;4H,3H2,1-2H3. The molecule has 0 aromatic carbocycles. The van der Waals surface area contributed by atoms with Crippen LogP contribution in [0.2, 0.25) is 0 Å². The summed E-state index contributed by atoms with van der Waals surface area (Å²) in [7, 11) is 3.89. The third-order valence-electron chi connectivity index (χ3n) is 0.854. The molecule has 0 aliphatic heterocycles. The topological polar surface area (TPSA) is 24.1 Å². The minimum absolute atomic E-state index is 1.07. The van der Waals surface area contributed by atoms with Crippen molar-refractivity contribution in [2.75, 3.05) is 27.2 Å². The molecule has 0 aliphatic rings. The summed E-state index contributed by atoms with van der Waals surface area (Å²) < 4.78 is 0. The van der Waals surface area contributed by atoms with Gasteiger partial charge in [0.05, 0.1) is 0 Å². The van der Waals surface area contributed by atoms with E-state index in [4.69, 9.17) is 0 Å². The summed E-state index contributed by atoms with van der Waals surface area (Å²) in [5, 5.41) is 5.95. The molecule has 0 aliphatic carbocycles. The van der Waals surface area contributed by atoms with Crippen LogP contribution in [-0.4, -0.2) is 27.2 Å². The Morgan fingerprint density at radius 3 is 1.44 bits per heavy atom. The second-order valence-corrected chi connectivity index (χ2v) is 1.81. The first-order valence-electron chi connectivity index (χ1n) is 3.62. The van der Waals surface area contributed by atoms with Crippen molar-refractivity contribution in [2.45, 2.75) is 20.3 Å². The highest BCUT2D eigenvalue weighted by Crippen LogP contribution is 1.62. The van der Waals surface area contributed by atoms with Gasteiger partial charge in [0.15, 0.2) is 0 Å². The van der Waals surface area contributed by atoms with Gasteiger partial charge in [-0.05, 0) is 33.6 Å². The van der Waals surface area contributed by atoms with Crippen LogP contribution in [-0.2, 0) is 0 Å². The summed E-state index contributed by atoms with van der Waals surface area (Å²) in [6, 6.07) is 0. The van der Waals surface area contributed by atoms with E-state index >= 15 is 0 Å². The highest BCUT2D eigenvalue weighted by atomic mass is 14.8. The van der Waals surface area contributed by atoms with E-state index in [1.807, 2.05) is 14.1 Å². The molecule has 2 heteroatoms. The Bertz CT molecular complexity index is 26.1. The lowest BCUT2D eigenvalue weighted by Crippen LogP contribution is -2.04. The fourth-order valence-electron chi connectivity index (χ4n) is 0.250. The van der Waals surface area contributed by atoms with Gasteiger partial charge in [0.2, 0.25) is 0 Å². The van der Waals surface area contributed by atoms with E-state index in [0.29, 0.717) is 0 Å². The highest BCUT2D eigenvalue weighted by molar-refractivity contribution is 4.28. The normalized spacial score (nSPS) is 8.00. The Labute approximate surface area is 59.0 Å². The summed E-state index contributed by atoms with van der Waals surface area (Å²) in [5.41, 5.74) is 0. The van der Waals surface area contributed by atoms with Crippen molar-refractivity contribution in [3.8, 4) is 0 Å². The zero-order valence-corrected chi connectivity index (χ0v) is 7.12. The molecule has 0 spiro atoms. The predicted octanol–water partition coefficient (Wildman–Crippen LogP) is 0.841. The summed E-state index contributed by atoms with van der Waals surface area (Å²) in [6.45, 7) is 6.43. The van der Waals surface area contributed by atoms with Crippen molar-refractivity contribution < 1.29 is 0 Å². The average molecular weight is 132 g/mol. The molecule has 0 heterocycles. The molecule has 0 aromatic heterocycles. The van der Waals surface area contributed by atoms with Crippen molar-refractivity contribution in [3.05, 3.63) is 0 Å². The maximum absolute atomic E-state index is 3.02. The van der Waals surface area contributed by atoms with Gasteiger partial charge in [0.1, 0.15) is 0 Å². The second kappa shape index (κ2) is 15.7. The molecule has 0 rings (SSSR count). The molecular formula is C7H20N2. The lowest BCUT2D eigenvalue weighted by Gasteiger charge is -1.84. The van der Waals surface area contributed by atoms with Gasteiger partial charge in [-0.3, -0.25) is 0 Å². The first-order valence-corrected chi connectivity index (χ1v) is 3.62. The molecular weight excluding hydrogens is 112 g/mol. The van der Waals surface area contributed by atoms with E-state index in [9.17, 15) is 0 Å². The van der Waals surface area contributed by atoms with Gasteiger partial charge in [-0.1, -0.05) is 13.8 Å². The van der Waals surface area contributed by atoms with Crippen molar-refractivity contribution in [1.29, 1.82) is 0 Å². The van der Waals surface area contributed by atoms with Crippen molar-refractivity contribution in [3.63, 3.8) is 0 Å². The number of rotatable bonds is 3. The quantitative estimate of drug-likeness (QED) is 0.594. The molecule has 0 saturated carbocycles. The molecule has 0 unspecified atom stereocenters. The van der Waals surface area contributed by atoms with E-state index in [0.717, 1.165) is 13.1 Å². The minimum atomic E-state index is 1.07. The molecule has 0 saturated heterocycles. The van der Waals surface area contributed by atoms with E-state index in [1.54, 1.807) is 0 Å². The smallest absolute Gasteiger partial charge is 0.00546 e. The fraction of sp³-hybridized carbons (Fsp3) is 1.00. The minimum Gasteiger partial charge on any atom is -0.320 e. The summed E-state index contributed by atoms with van der Waals surface area (Å²) in [5.74, 6) is 0. The third kappa shape index (κ3) is 32.6. The Kier molecular flexibility index (Phi) is 20.3. The Balaban J connectivity index is 0. The molecule has 9 heavy (non-hydrogen) atoms. The molecule has 0 amide bonds. The largest absolute Gasteiger partial charge is 0.320 e. The average Bonchev–Trinajstić information content (AvgIpc) is 1.91. The molecule has 2 nitrogen and oxygen atoms in total. The summed E-state index contributed by atoms with van der Waals surface area (Å²) in [6.07, 6.45) is 1.23. The van der Waals surface area contributed by atoms with E-state index in [1.165, 1.54) is 6.42 Å². The predicted molar refractivity (Wildman–Crippen MR) is 43.8 cm³/mol. The third-order valence-corrected chi connectivity index (χ3v) is 0.854. The van der Waals surface area contributed by atoms with Crippen LogP contribution in [0.25, 0.3) is 0 Å². The van der Waals surface area contributed by atoms with Gasteiger partial charge in [-0.15, -0.1) is 0 Å².